The highest BCUT2D eigenvalue weighted by Gasteiger charge is 2.23. The molecule has 0 spiro atoms. The van der Waals surface area contributed by atoms with E-state index in [-0.39, 0.29) is 10.3 Å². The molecule has 0 bridgehead atoms. The Labute approximate surface area is 121 Å². The number of hydrogen-bond acceptors (Lipinski definition) is 3. The summed E-state index contributed by atoms with van der Waals surface area (Å²) in [5.74, 6) is 3.16. The van der Waals surface area contributed by atoms with Gasteiger partial charge in [-0.05, 0) is 30.0 Å². The first-order valence-corrected chi connectivity index (χ1v) is 7.86. The Balaban J connectivity index is 3.39. The van der Waals surface area contributed by atoms with Gasteiger partial charge in [-0.3, -0.25) is 0 Å². The third-order valence-corrected chi connectivity index (χ3v) is 3.95. The van der Waals surface area contributed by atoms with E-state index in [1.165, 1.54) is 0 Å². The molecule has 20 heavy (non-hydrogen) atoms. The molecule has 0 aliphatic rings. The first kappa shape index (κ1) is 16.5. The van der Waals surface area contributed by atoms with Crippen molar-refractivity contribution in [3.63, 3.8) is 0 Å². The summed E-state index contributed by atoms with van der Waals surface area (Å²) in [5.41, 5.74) is 1.10. The van der Waals surface area contributed by atoms with Crippen LogP contribution in [0.2, 0.25) is 0 Å². The first-order chi connectivity index (χ1) is 9.07. The molecule has 1 aromatic rings. The fourth-order valence-electron chi connectivity index (χ4n) is 1.89. The minimum atomic E-state index is -3.75. The summed E-state index contributed by atoms with van der Waals surface area (Å²) < 4.78 is 28.9. The molecule has 1 aromatic carbocycles. The second-order valence-corrected chi connectivity index (χ2v) is 7.24. The molecule has 0 atom stereocenters. The minimum absolute atomic E-state index is 0.131. The zero-order valence-corrected chi connectivity index (χ0v) is 13.2. The lowest BCUT2D eigenvalue weighted by Crippen LogP contribution is -2.19. The standard InChI is InChI=1S/C15H21NO3S/c1-6-7-8-19-13-9-11(2)14(20(16,17)18)10-12(13)15(3,4)5/h1,9-10H,7-8H2,2-5H3,(H2,16,17,18). The number of nitrogens with two attached hydrogens (primary N) is 1. The van der Waals surface area contributed by atoms with Crippen molar-refractivity contribution in [2.24, 2.45) is 5.14 Å². The maximum atomic E-state index is 11.6. The highest BCUT2D eigenvalue weighted by atomic mass is 32.2. The molecule has 0 aromatic heterocycles. The van der Waals surface area contributed by atoms with Gasteiger partial charge in [-0.1, -0.05) is 20.8 Å². The van der Waals surface area contributed by atoms with E-state index < -0.39 is 10.0 Å². The van der Waals surface area contributed by atoms with Crippen molar-refractivity contribution in [1.29, 1.82) is 0 Å². The van der Waals surface area contributed by atoms with Gasteiger partial charge in [0.25, 0.3) is 0 Å². The van der Waals surface area contributed by atoms with Gasteiger partial charge < -0.3 is 4.74 Å². The molecule has 4 nitrogen and oxygen atoms in total. The van der Waals surface area contributed by atoms with Crippen LogP contribution in [0.25, 0.3) is 0 Å². The van der Waals surface area contributed by atoms with E-state index in [4.69, 9.17) is 16.3 Å². The van der Waals surface area contributed by atoms with Crippen molar-refractivity contribution in [2.75, 3.05) is 6.61 Å². The number of hydrogen-bond donors (Lipinski definition) is 1. The predicted molar refractivity (Wildman–Crippen MR) is 80.2 cm³/mol. The van der Waals surface area contributed by atoms with E-state index in [1.807, 2.05) is 20.8 Å². The van der Waals surface area contributed by atoms with Gasteiger partial charge in [0.2, 0.25) is 10.0 Å². The van der Waals surface area contributed by atoms with Crippen molar-refractivity contribution < 1.29 is 13.2 Å². The Bertz CT molecular complexity index is 634. The highest BCUT2D eigenvalue weighted by Crippen LogP contribution is 2.35. The molecule has 0 aliphatic carbocycles. The lowest BCUT2D eigenvalue weighted by molar-refractivity contribution is 0.317. The summed E-state index contributed by atoms with van der Waals surface area (Å²) in [7, 11) is -3.75. The lowest BCUT2D eigenvalue weighted by Gasteiger charge is -2.24. The number of primary sulfonamides is 1. The SMILES string of the molecule is C#CCCOc1cc(C)c(S(N)(=O)=O)cc1C(C)(C)C. The van der Waals surface area contributed by atoms with Crippen LogP contribution < -0.4 is 9.88 Å². The molecular formula is C15H21NO3S. The first-order valence-electron chi connectivity index (χ1n) is 6.31. The van der Waals surface area contributed by atoms with Crippen molar-refractivity contribution in [2.45, 2.75) is 44.4 Å². The van der Waals surface area contributed by atoms with Crippen LogP contribution in [0.1, 0.15) is 38.3 Å². The molecular weight excluding hydrogens is 274 g/mol. The molecule has 0 heterocycles. The zero-order chi connectivity index (χ0) is 15.6. The molecule has 0 radical (unpaired) electrons. The van der Waals surface area contributed by atoms with Crippen molar-refractivity contribution >= 4 is 10.0 Å². The molecule has 5 heteroatoms. The van der Waals surface area contributed by atoms with Crippen molar-refractivity contribution in [3.8, 4) is 18.1 Å². The fraction of sp³-hybridized carbons (Fsp3) is 0.467. The monoisotopic (exact) mass is 295 g/mol. The summed E-state index contributed by atoms with van der Waals surface area (Å²) in [5, 5.41) is 5.25. The van der Waals surface area contributed by atoms with Crippen LogP contribution in [-0.2, 0) is 15.4 Å². The Morgan fingerprint density at radius 2 is 1.95 bits per heavy atom. The second-order valence-electron chi connectivity index (χ2n) is 5.71. The summed E-state index contributed by atoms with van der Waals surface area (Å²) >= 11 is 0. The molecule has 0 fully saturated rings. The zero-order valence-electron chi connectivity index (χ0n) is 12.4. The van der Waals surface area contributed by atoms with Gasteiger partial charge in [0.15, 0.2) is 0 Å². The smallest absolute Gasteiger partial charge is 0.238 e. The topological polar surface area (TPSA) is 69.4 Å². The van der Waals surface area contributed by atoms with Gasteiger partial charge in [0.05, 0.1) is 11.5 Å². The van der Waals surface area contributed by atoms with Gasteiger partial charge in [0.1, 0.15) is 5.75 Å². The van der Waals surface area contributed by atoms with Crippen LogP contribution in [0.3, 0.4) is 0 Å². The fourth-order valence-corrected chi connectivity index (χ4v) is 2.68. The summed E-state index contributed by atoms with van der Waals surface area (Å²) in [6.45, 7) is 8.05. The Kier molecular flexibility index (Phi) is 4.85. The van der Waals surface area contributed by atoms with Gasteiger partial charge >= 0.3 is 0 Å². The van der Waals surface area contributed by atoms with Crippen molar-refractivity contribution in [3.05, 3.63) is 23.3 Å². The van der Waals surface area contributed by atoms with Crippen LogP contribution in [0.4, 0.5) is 0 Å². The van der Waals surface area contributed by atoms with Crippen LogP contribution >= 0.6 is 0 Å². The van der Waals surface area contributed by atoms with E-state index in [1.54, 1.807) is 19.1 Å². The average molecular weight is 295 g/mol. The van der Waals surface area contributed by atoms with Crippen LogP contribution in [0.15, 0.2) is 17.0 Å². The molecule has 2 N–H and O–H groups in total. The van der Waals surface area contributed by atoms with Crippen molar-refractivity contribution in [1.82, 2.24) is 0 Å². The van der Waals surface area contributed by atoms with E-state index >= 15 is 0 Å². The molecule has 0 aliphatic heterocycles. The maximum absolute atomic E-state index is 11.6. The number of rotatable bonds is 4. The van der Waals surface area contributed by atoms with Gasteiger partial charge in [0, 0.05) is 12.0 Å². The second kappa shape index (κ2) is 5.86. The molecule has 110 valence electrons. The van der Waals surface area contributed by atoms with E-state index in [9.17, 15) is 8.42 Å². The molecule has 0 saturated carbocycles. The van der Waals surface area contributed by atoms with Gasteiger partial charge in [-0.25, -0.2) is 13.6 Å². The molecule has 1 rings (SSSR count). The van der Waals surface area contributed by atoms with E-state index in [0.717, 1.165) is 5.56 Å². The largest absolute Gasteiger partial charge is 0.492 e. The molecule has 0 unspecified atom stereocenters. The van der Waals surface area contributed by atoms with Crippen LogP contribution in [0.5, 0.6) is 5.75 Å². The summed E-state index contributed by atoms with van der Waals surface area (Å²) in [6, 6.07) is 3.30. The third kappa shape index (κ3) is 3.99. The number of sulfonamides is 1. The number of aryl methyl sites for hydroxylation is 1. The summed E-state index contributed by atoms with van der Waals surface area (Å²) in [4.78, 5) is 0.131. The van der Waals surface area contributed by atoms with Crippen LogP contribution in [-0.4, -0.2) is 15.0 Å². The summed E-state index contributed by atoms with van der Waals surface area (Å²) in [6.07, 6.45) is 5.70. The lowest BCUT2D eigenvalue weighted by atomic mass is 9.86. The predicted octanol–water partition coefficient (Wildman–Crippen LogP) is 2.34. The number of benzene rings is 1. The maximum Gasteiger partial charge on any atom is 0.238 e. The normalized spacial score (nSPS) is 12.0. The van der Waals surface area contributed by atoms with Gasteiger partial charge in [-0.2, -0.15) is 0 Å². The highest BCUT2D eigenvalue weighted by molar-refractivity contribution is 7.89. The number of ether oxygens (including phenoxy) is 1. The average Bonchev–Trinajstić information content (AvgIpc) is 2.25. The third-order valence-electron chi connectivity index (χ3n) is 2.90. The van der Waals surface area contributed by atoms with E-state index in [0.29, 0.717) is 24.3 Å². The Hall–Kier alpha value is -1.51. The Morgan fingerprint density at radius 1 is 1.35 bits per heavy atom. The quantitative estimate of drug-likeness (QED) is 0.684. The molecule has 0 saturated heterocycles. The van der Waals surface area contributed by atoms with Gasteiger partial charge in [-0.15, -0.1) is 12.3 Å². The number of terminal acetylenes is 1. The molecule has 0 amide bonds. The van der Waals surface area contributed by atoms with Crippen LogP contribution in [0, 0.1) is 19.3 Å². The van der Waals surface area contributed by atoms with E-state index in [2.05, 4.69) is 5.92 Å². The Morgan fingerprint density at radius 3 is 2.40 bits per heavy atom. The minimum Gasteiger partial charge on any atom is -0.492 e.